The molecule has 0 amide bonds. The number of rotatable bonds is 3. The summed E-state index contributed by atoms with van der Waals surface area (Å²) in [6.45, 7) is 8.82. The van der Waals surface area contributed by atoms with Gasteiger partial charge in [0.05, 0.1) is 6.54 Å². The summed E-state index contributed by atoms with van der Waals surface area (Å²) >= 11 is 1.78. The van der Waals surface area contributed by atoms with Gasteiger partial charge in [0.25, 0.3) is 0 Å². The van der Waals surface area contributed by atoms with Gasteiger partial charge >= 0.3 is 0 Å². The second kappa shape index (κ2) is 5.20. The first-order chi connectivity index (χ1) is 9.87. The number of hydrogen-bond acceptors (Lipinski definition) is 4. The minimum atomic E-state index is -0.689. The first kappa shape index (κ1) is 14.7. The number of aromatic nitrogens is 1. The van der Waals surface area contributed by atoms with E-state index in [0.717, 1.165) is 17.1 Å². The van der Waals surface area contributed by atoms with E-state index < -0.39 is 5.60 Å². The first-order valence-electron chi connectivity index (χ1n) is 7.32. The summed E-state index contributed by atoms with van der Waals surface area (Å²) < 4.78 is 0. The van der Waals surface area contributed by atoms with Crippen LogP contribution >= 0.6 is 11.3 Å². The third-order valence-electron chi connectivity index (χ3n) is 3.93. The fraction of sp³-hybridized carbons (Fsp3) is 0.471. The predicted molar refractivity (Wildman–Crippen MR) is 86.4 cm³/mol. The highest BCUT2D eigenvalue weighted by Crippen LogP contribution is 2.34. The molecule has 1 saturated heterocycles. The van der Waals surface area contributed by atoms with E-state index in [1.165, 1.54) is 4.88 Å². The molecular formula is C17H22N2OS. The summed E-state index contributed by atoms with van der Waals surface area (Å²) in [5.41, 5.74) is 0.483. The van der Waals surface area contributed by atoms with Crippen LogP contribution in [0.5, 0.6) is 0 Å². The summed E-state index contributed by atoms with van der Waals surface area (Å²) in [6, 6.07) is 9.93. The molecule has 0 radical (unpaired) electrons. The lowest BCUT2D eigenvalue weighted by Crippen LogP contribution is -2.58. The van der Waals surface area contributed by atoms with Crippen molar-refractivity contribution in [2.24, 2.45) is 0 Å². The van der Waals surface area contributed by atoms with E-state index in [4.69, 9.17) is 0 Å². The van der Waals surface area contributed by atoms with Gasteiger partial charge in [-0.15, -0.1) is 11.3 Å². The van der Waals surface area contributed by atoms with E-state index in [1.807, 2.05) is 36.5 Å². The van der Waals surface area contributed by atoms with E-state index in [9.17, 15) is 5.11 Å². The molecule has 0 saturated carbocycles. The molecule has 2 heterocycles. The SMILES string of the molecule is CC(C)(C)c1cnc(CN2CC(O)(c3ccccc3)C2)s1. The number of likely N-dealkylation sites (tertiary alicyclic amines) is 1. The van der Waals surface area contributed by atoms with Gasteiger partial charge in [-0.05, 0) is 11.0 Å². The van der Waals surface area contributed by atoms with Crippen LogP contribution in [-0.4, -0.2) is 28.1 Å². The Labute approximate surface area is 130 Å². The highest BCUT2D eigenvalue weighted by atomic mass is 32.1. The summed E-state index contributed by atoms with van der Waals surface area (Å²) in [5.74, 6) is 0. The quantitative estimate of drug-likeness (QED) is 0.946. The van der Waals surface area contributed by atoms with Gasteiger partial charge in [0, 0.05) is 24.2 Å². The maximum Gasteiger partial charge on any atom is 0.115 e. The Hall–Kier alpha value is -1.23. The van der Waals surface area contributed by atoms with E-state index in [-0.39, 0.29) is 5.41 Å². The summed E-state index contributed by atoms with van der Waals surface area (Å²) in [7, 11) is 0. The minimum Gasteiger partial charge on any atom is -0.382 e. The minimum absolute atomic E-state index is 0.162. The van der Waals surface area contributed by atoms with Crippen LogP contribution in [0, 0.1) is 0 Å². The second-order valence-electron chi connectivity index (χ2n) is 6.91. The Morgan fingerprint density at radius 1 is 1.24 bits per heavy atom. The Morgan fingerprint density at radius 3 is 2.48 bits per heavy atom. The van der Waals surface area contributed by atoms with Gasteiger partial charge < -0.3 is 5.11 Å². The third-order valence-corrected chi connectivity index (χ3v) is 5.34. The average Bonchev–Trinajstić information content (AvgIpc) is 2.86. The van der Waals surface area contributed by atoms with Crippen LogP contribution in [0.15, 0.2) is 36.5 Å². The van der Waals surface area contributed by atoms with Gasteiger partial charge in [0.2, 0.25) is 0 Å². The highest BCUT2D eigenvalue weighted by Gasteiger charge is 2.42. The van der Waals surface area contributed by atoms with Crippen molar-refractivity contribution in [1.29, 1.82) is 0 Å². The van der Waals surface area contributed by atoms with Crippen LogP contribution in [0.25, 0.3) is 0 Å². The van der Waals surface area contributed by atoms with Crippen LogP contribution in [0.1, 0.15) is 36.2 Å². The lowest BCUT2D eigenvalue weighted by molar-refractivity contribution is -0.107. The van der Waals surface area contributed by atoms with E-state index in [0.29, 0.717) is 13.1 Å². The molecule has 3 nitrogen and oxygen atoms in total. The highest BCUT2D eigenvalue weighted by molar-refractivity contribution is 7.11. The number of nitrogens with zero attached hydrogens (tertiary/aromatic N) is 2. The lowest BCUT2D eigenvalue weighted by atomic mass is 9.86. The average molecular weight is 302 g/mol. The third kappa shape index (κ3) is 3.03. The van der Waals surface area contributed by atoms with Crippen molar-refractivity contribution in [3.05, 3.63) is 52.0 Å². The molecule has 1 aromatic carbocycles. The topological polar surface area (TPSA) is 36.4 Å². The Balaban J connectivity index is 1.61. The fourth-order valence-corrected chi connectivity index (χ4v) is 3.68. The van der Waals surface area contributed by atoms with Crippen molar-refractivity contribution >= 4 is 11.3 Å². The first-order valence-corrected chi connectivity index (χ1v) is 8.14. The zero-order valence-electron chi connectivity index (χ0n) is 12.8. The second-order valence-corrected chi connectivity index (χ2v) is 8.03. The van der Waals surface area contributed by atoms with Crippen LogP contribution < -0.4 is 0 Å². The van der Waals surface area contributed by atoms with E-state index in [1.54, 1.807) is 11.3 Å². The molecule has 1 N–H and O–H groups in total. The molecule has 1 aliphatic heterocycles. The molecule has 1 aliphatic rings. The van der Waals surface area contributed by atoms with Gasteiger partial charge in [0.15, 0.2) is 0 Å². The number of benzene rings is 1. The smallest absolute Gasteiger partial charge is 0.115 e. The predicted octanol–water partition coefficient (Wildman–Crippen LogP) is 3.14. The maximum absolute atomic E-state index is 10.6. The molecule has 0 bridgehead atoms. The van der Waals surface area contributed by atoms with Crippen molar-refractivity contribution < 1.29 is 5.11 Å². The van der Waals surface area contributed by atoms with E-state index in [2.05, 4.69) is 30.7 Å². The molecule has 0 aliphatic carbocycles. The van der Waals surface area contributed by atoms with Crippen LogP contribution in [0.3, 0.4) is 0 Å². The van der Waals surface area contributed by atoms with Gasteiger partial charge in [0.1, 0.15) is 10.6 Å². The Bertz CT molecular complexity index is 609. The van der Waals surface area contributed by atoms with Crippen molar-refractivity contribution in [2.75, 3.05) is 13.1 Å². The zero-order valence-corrected chi connectivity index (χ0v) is 13.7. The molecule has 0 unspecified atom stereocenters. The molecule has 3 rings (SSSR count). The number of thiazole rings is 1. The standard InChI is InChI=1S/C17H22N2OS/c1-16(2,3)14-9-18-15(21-14)10-19-11-17(20,12-19)13-7-5-4-6-8-13/h4-9,20H,10-12H2,1-3H3. The molecule has 21 heavy (non-hydrogen) atoms. The van der Waals surface area contributed by atoms with Crippen LogP contribution in [0.2, 0.25) is 0 Å². The van der Waals surface area contributed by atoms with Gasteiger partial charge in [-0.2, -0.15) is 0 Å². The van der Waals surface area contributed by atoms with Crippen LogP contribution in [0.4, 0.5) is 0 Å². The molecule has 0 atom stereocenters. The normalized spacial score (nSPS) is 18.5. The number of aliphatic hydroxyl groups is 1. The molecule has 1 aromatic heterocycles. The molecule has 112 valence electrons. The molecule has 1 fully saturated rings. The largest absolute Gasteiger partial charge is 0.382 e. The van der Waals surface area contributed by atoms with Crippen molar-refractivity contribution in [3.8, 4) is 0 Å². The summed E-state index contributed by atoms with van der Waals surface area (Å²) in [6.07, 6.45) is 1.99. The number of hydrogen-bond donors (Lipinski definition) is 1. The van der Waals surface area contributed by atoms with Crippen molar-refractivity contribution in [1.82, 2.24) is 9.88 Å². The monoisotopic (exact) mass is 302 g/mol. The van der Waals surface area contributed by atoms with Gasteiger partial charge in [-0.1, -0.05) is 51.1 Å². The molecule has 0 spiro atoms. The molecule has 2 aromatic rings. The summed E-state index contributed by atoms with van der Waals surface area (Å²) in [5, 5.41) is 11.7. The fourth-order valence-electron chi connectivity index (χ4n) is 2.66. The van der Waals surface area contributed by atoms with Crippen LogP contribution in [-0.2, 0) is 17.6 Å². The molecular weight excluding hydrogens is 280 g/mol. The molecule has 4 heteroatoms. The zero-order chi connectivity index (χ0) is 15.1. The van der Waals surface area contributed by atoms with Gasteiger partial charge in [-0.25, -0.2) is 4.98 Å². The lowest BCUT2D eigenvalue weighted by Gasteiger charge is -2.46. The van der Waals surface area contributed by atoms with E-state index >= 15 is 0 Å². The van der Waals surface area contributed by atoms with Crippen molar-refractivity contribution in [2.45, 2.75) is 38.3 Å². The van der Waals surface area contributed by atoms with Gasteiger partial charge in [-0.3, -0.25) is 4.90 Å². The summed E-state index contributed by atoms with van der Waals surface area (Å²) in [4.78, 5) is 8.08. The Kier molecular flexibility index (Phi) is 3.64. The van der Waals surface area contributed by atoms with Crippen molar-refractivity contribution in [3.63, 3.8) is 0 Å². The number of β-amino-alcohol motifs (C(OH)–C–C–N with tert-alkyl or cyclic N) is 1. The maximum atomic E-state index is 10.6. The Morgan fingerprint density at radius 2 is 1.90 bits per heavy atom.